The fourth-order valence-corrected chi connectivity index (χ4v) is 1.74. The predicted molar refractivity (Wildman–Crippen MR) is 75.3 cm³/mol. The van der Waals surface area contributed by atoms with E-state index in [1.165, 1.54) is 24.3 Å². The molecule has 0 spiro atoms. The van der Waals surface area contributed by atoms with E-state index in [1.54, 1.807) is 13.0 Å². The van der Waals surface area contributed by atoms with Gasteiger partial charge in [-0.3, -0.25) is 0 Å². The number of urea groups is 1. The number of benzene rings is 2. The molecule has 0 heterocycles. The molecule has 0 unspecified atom stereocenters. The lowest BCUT2D eigenvalue weighted by atomic mass is 10.2. The van der Waals surface area contributed by atoms with Crippen LogP contribution >= 0.6 is 0 Å². The monoisotopic (exact) mass is 274 g/mol. The van der Waals surface area contributed by atoms with Crippen LogP contribution in [-0.4, -0.2) is 21.4 Å². The standard InChI is InChI=1S/C14H14N2O4/c1-8-4-10(17)2-3-13(8)16-14(20)15-9-5-11(18)7-12(19)6-9/h2-7,17-19H,1H3,(H2,15,16,20). The number of rotatable bonds is 2. The topological polar surface area (TPSA) is 102 Å². The van der Waals surface area contributed by atoms with E-state index >= 15 is 0 Å². The number of carbonyl (C=O) groups excluding carboxylic acids is 1. The Labute approximate surface area is 115 Å². The van der Waals surface area contributed by atoms with E-state index in [1.807, 2.05) is 0 Å². The van der Waals surface area contributed by atoms with Crippen LogP contribution in [-0.2, 0) is 0 Å². The molecular weight excluding hydrogens is 260 g/mol. The Balaban J connectivity index is 2.09. The highest BCUT2D eigenvalue weighted by Crippen LogP contribution is 2.24. The van der Waals surface area contributed by atoms with Crippen molar-refractivity contribution < 1.29 is 20.1 Å². The van der Waals surface area contributed by atoms with Crippen LogP contribution in [0.3, 0.4) is 0 Å². The van der Waals surface area contributed by atoms with Gasteiger partial charge >= 0.3 is 6.03 Å². The van der Waals surface area contributed by atoms with Crippen LogP contribution in [0.2, 0.25) is 0 Å². The molecule has 0 aliphatic carbocycles. The van der Waals surface area contributed by atoms with Gasteiger partial charge in [0.05, 0.1) is 0 Å². The maximum absolute atomic E-state index is 11.8. The van der Waals surface area contributed by atoms with Gasteiger partial charge in [0.2, 0.25) is 0 Å². The minimum absolute atomic E-state index is 0.117. The summed E-state index contributed by atoms with van der Waals surface area (Å²) in [5.41, 5.74) is 1.51. The third kappa shape index (κ3) is 3.32. The molecule has 0 radical (unpaired) electrons. The minimum Gasteiger partial charge on any atom is -0.508 e. The molecule has 0 aliphatic rings. The van der Waals surface area contributed by atoms with Crippen LogP contribution in [0.5, 0.6) is 17.2 Å². The molecular formula is C14H14N2O4. The van der Waals surface area contributed by atoms with Gasteiger partial charge < -0.3 is 26.0 Å². The Bertz CT molecular complexity index is 635. The lowest BCUT2D eigenvalue weighted by molar-refractivity contribution is 0.262. The number of nitrogens with one attached hydrogen (secondary N) is 2. The number of aromatic hydroxyl groups is 3. The average molecular weight is 274 g/mol. The number of amides is 2. The van der Waals surface area contributed by atoms with Crippen molar-refractivity contribution >= 4 is 17.4 Å². The summed E-state index contributed by atoms with van der Waals surface area (Å²) in [7, 11) is 0. The Morgan fingerprint density at radius 1 is 0.900 bits per heavy atom. The van der Waals surface area contributed by atoms with Crippen molar-refractivity contribution in [3.63, 3.8) is 0 Å². The summed E-state index contributed by atoms with van der Waals surface area (Å²) in [4.78, 5) is 11.8. The van der Waals surface area contributed by atoms with Crippen LogP contribution in [0.25, 0.3) is 0 Å². The molecule has 0 fully saturated rings. The first-order chi connectivity index (χ1) is 9.44. The molecule has 2 aromatic rings. The summed E-state index contributed by atoms with van der Waals surface area (Å²) in [6.45, 7) is 1.75. The SMILES string of the molecule is Cc1cc(O)ccc1NC(=O)Nc1cc(O)cc(O)c1. The van der Waals surface area contributed by atoms with Crippen molar-refractivity contribution in [2.45, 2.75) is 6.92 Å². The molecule has 6 nitrogen and oxygen atoms in total. The maximum Gasteiger partial charge on any atom is 0.323 e. The summed E-state index contributed by atoms with van der Waals surface area (Å²) in [5.74, 6) is -0.186. The third-order valence-electron chi connectivity index (χ3n) is 2.62. The number of anilines is 2. The van der Waals surface area contributed by atoms with E-state index in [4.69, 9.17) is 0 Å². The van der Waals surface area contributed by atoms with Crippen molar-refractivity contribution in [2.24, 2.45) is 0 Å². The molecule has 0 saturated carbocycles. The van der Waals surface area contributed by atoms with Crippen molar-refractivity contribution in [1.29, 1.82) is 0 Å². The molecule has 0 aliphatic heterocycles. The van der Waals surface area contributed by atoms with Gasteiger partial charge in [-0.15, -0.1) is 0 Å². The molecule has 0 bridgehead atoms. The van der Waals surface area contributed by atoms with Crippen molar-refractivity contribution in [2.75, 3.05) is 10.6 Å². The minimum atomic E-state index is -0.524. The van der Waals surface area contributed by atoms with Gasteiger partial charge in [0, 0.05) is 29.6 Å². The first kappa shape index (κ1) is 13.5. The Hall–Kier alpha value is -2.89. The fourth-order valence-electron chi connectivity index (χ4n) is 1.74. The van der Waals surface area contributed by atoms with E-state index < -0.39 is 6.03 Å². The normalized spacial score (nSPS) is 10.1. The number of carbonyl (C=O) groups is 1. The molecule has 5 N–H and O–H groups in total. The molecule has 0 atom stereocenters. The third-order valence-corrected chi connectivity index (χ3v) is 2.62. The van der Waals surface area contributed by atoms with E-state index in [-0.39, 0.29) is 22.9 Å². The molecule has 6 heteroatoms. The van der Waals surface area contributed by atoms with Crippen molar-refractivity contribution in [3.05, 3.63) is 42.0 Å². The molecule has 2 aromatic carbocycles. The Kier molecular flexibility index (Phi) is 3.65. The number of aryl methyl sites for hydroxylation is 1. The van der Waals surface area contributed by atoms with Crippen molar-refractivity contribution in [3.8, 4) is 17.2 Å². The molecule has 2 rings (SSSR count). The van der Waals surface area contributed by atoms with Gasteiger partial charge in [-0.25, -0.2) is 4.79 Å². The summed E-state index contributed by atoms with van der Waals surface area (Å²) < 4.78 is 0. The van der Waals surface area contributed by atoms with Gasteiger partial charge in [-0.2, -0.15) is 0 Å². The fraction of sp³-hybridized carbons (Fsp3) is 0.0714. The Morgan fingerprint density at radius 2 is 1.55 bits per heavy atom. The second kappa shape index (κ2) is 5.40. The highest BCUT2D eigenvalue weighted by Gasteiger charge is 2.07. The Morgan fingerprint density at radius 3 is 2.15 bits per heavy atom. The van der Waals surface area contributed by atoms with Crippen LogP contribution in [0.1, 0.15) is 5.56 Å². The average Bonchev–Trinajstić information content (AvgIpc) is 2.31. The summed E-state index contributed by atoms with van der Waals surface area (Å²) in [5, 5.41) is 33.0. The van der Waals surface area contributed by atoms with E-state index in [9.17, 15) is 20.1 Å². The van der Waals surface area contributed by atoms with Crippen LogP contribution in [0.15, 0.2) is 36.4 Å². The zero-order valence-electron chi connectivity index (χ0n) is 10.7. The maximum atomic E-state index is 11.8. The van der Waals surface area contributed by atoms with Crippen LogP contribution in [0.4, 0.5) is 16.2 Å². The van der Waals surface area contributed by atoms with Gasteiger partial charge in [0.15, 0.2) is 0 Å². The highest BCUT2D eigenvalue weighted by atomic mass is 16.3. The lowest BCUT2D eigenvalue weighted by Crippen LogP contribution is -2.19. The van der Waals surface area contributed by atoms with E-state index in [2.05, 4.69) is 10.6 Å². The summed E-state index contributed by atoms with van der Waals surface area (Å²) in [6, 6.07) is 7.81. The molecule has 0 aromatic heterocycles. The van der Waals surface area contributed by atoms with Gasteiger partial charge in [0.25, 0.3) is 0 Å². The molecule has 2 amide bonds. The van der Waals surface area contributed by atoms with Crippen molar-refractivity contribution in [1.82, 2.24) is 0 Å². The largest absolute Gasteiger partial charge is 0.508 e. The lowest BCUT2D eigenvalue weighted by Gasteiger charge is -2.10. The smallest absolute Gasteiger partial charge is 0.323 e. The quantitative estimate of drug-likeness (QED) is 0.543. The first-order valence-electron chi connectivity index (χ1n) is 5.85. The summed E-state index contributed by atoms with van der Waals surface area (Å²) in [6.07, 6.45) is 0. The first-order valence-corrected chi connectivity index (χ1v) is 5.85. The van der Waals surface area contributed by atoms with Crippen LogP contribution in [0, 0.1) is 6.92 Å². The molecule has 20 heavy (non-hydrogen) atoms. The number of hydrogen-bond acceptors (Lipinski definition) is 4. The zero-order chi connectivity index (χ0) is 14.7. The second-order valence-corrected chi connectivity index (χ2v) is 4.32. The highest BCUT2D eigenvalue weighted by molar-refractivity contribution is 6.00. The number of phenolic OH excluding ortho intramolecular Hbond substituents is 3. The predicted octanol–water partition coefficient (Wildman–Crippen LogP) is 2.76. The molecule has 104 valence electrons. The van der Waals surface area contributed by atoms with Gasteiger partial charge in [-0.05, 0) is 30.7 Å². The van der Waals surface area contributed by atoms with Gasteiger partial charge in [-0.1, -0.05) is 0 Å². The number of phenols is 3. The van der Waals surface area contributed by atoms with E-state index in [0.717, 1.165) is 6.07 Å². The zero-order valence-corrected chi connectivity index (χ0v) is 10.7. The molecule has 0 saturated heterocycles. The van der Waals surface area contributed by atoms with Gasteiger partial charge in [0.1, 0.15) is 17.2 Å². The van der Waals surface area contributed by atoms with E-state index in [0.29, 0.717) is 11.3 Å². The summed E-state index contributed by atoms with van der Waals surface area (Å²) >= 11 is 0. The second-order valence-electron chi connectivity index (χ2n) is 4.32. The van der Waals surface area contributed by atoms with Crippen LogP contribution < -0.4 is 10.6 Å². The number of hydrogen-bond donors (Lipinski definition) is 5.